The third kappa shape index (κ3) is 4.88. The van der Waals surface area contributed by atoms with Gasteiger partial charge >= 0.3 is 5.91 Å². The number of aliphatic hydroxyl groups is 1. The molecule has 0 aliphatic carbocycles. The van der Waals surface area contributed by atoms with Gasteiger partial charge in [-0.05, 0) is 36.2 Å². The van der Waals surface area contributed by atoms with Crippen LogP contribution in [0.4, 0.5) is 5.13 Å². The number of aromatic nitrogens is 2. The van der Waals surface area contributed by atoms with Gasteiger partial charge in [-0.2, -0.15) is 0 Å². The van der Waals surface area contributed by atoms with Crippen LogP contribution in [0.5, 0.6) is 11.5 Å². The van der Waals surface area contributed by atoms with Crippen LogP contribution in [0.2, 0.25) is 0 Å². The van der Waals surface area contributed by atoms with Crippen LogP contribution in [0, 0.1) is 6.92 Å². The number of ether oxygens (including phenoxy) is 2. The molecular weight excluding hydrogens is 534 g/mol. The average molecular weight is 558 g/mol. The summed E-state index contributed by atoms with van der Waals surface area (Å²) in [6.45, 7) is 2.86. The van der Waals surface area contributed by atoms with Gasteiger partial charge in [0, 0.05) is 11.3 Å². The summed E-state index contributed by atoms with van der Waals surface area (Å²) in [6.07, 6.45) is 0. The van der Waals surface area contributed by atoms with Gasteiger partial charge in [0.2, 0.25) is 5.13 Å². The molecule has 1 N–H and O–H groups in total. The Morgan fingerprint density at radius 2 is 1.74 bits per heavy atom. The van der Waals surface area contributed by atoms with Crippen LogP contribution in [-0.4, -0.2) is 40.2 Å². The molecule has 0 bridgehead atoms. The summed E-state index contributed by atoms with van der Waals surface area (Å²) in [4.78, 5) is 28.1. The number of hydrogen-bond donors (Lipinski definition) is 1. The van der Waals surface area contributed by atoms with Crippen LogP contribution in [0.1, 0.15) is 28.3 Å². The first-order valence-corrected chi connectivity index (χ1v) is 14.1. The molecule has 1 unspecified atom stereocenters. The van der Waals surface area contributed by atoms with Crippen molar-refractivity contribution in [2.75, 3.05) is 18.1 Å². The number of amides is 1. The number of benzene rings is 3. The number of anilines is 1. The predicted molar refractivity (Wildman–Crippen MR) is 149 cm³/mol. The van der Waals surface area contributed by atoms with Crippen molar-refractivity contribution in [3.63, 3.8) is 0 Å². The van der Waals surface area contributed by atoms with E-state index in [9.17, 15) is 14.7 Å². The van der Waals surface area contributed by atoms with Crippen LogP contribution in [0.3, 0.4) is 0 Å². The van der Waals surface area contributed by atoms with Gasteiger partial charge in [0.05, 0.1) is 11.6 Å². The molecule has 196 valence electrons. The molecule has 10 heteroatoms. The second kappa shape index (κ2) is 10.5. The molecule has 2 aliphatic rings. The van der Waals surface area contributed by atoms with E-state index in [1.807, 2.05) is 37.3 Å². The molecule has 0 radical (unpaired) electrons. The summed E-state index contributed by atoms with van der Waals surface area (Å²) >= 11 is 2.75. The van der Waals surface area contributed by atoms with Gasteiger partial charge < -0.3 is 14.6 Å². The maximum absolute atomic E-state index is 13.4. The standard InChI is InChI=1S/C29H23N3O5S2/c1-17-7-9-18(10-8-17)16-38-29-31-30-28(39-29)32-24(19-5-3-2-4-6-19)23(26(34)27(32)35)25(33)20-11-12-21-22(15-20)37-14-13-36-21/h2-12,15,24,33H,13-14,16H2,1H3/b25-23+. The van der Waals surface area contributed by atoms with Gasteiger partial charge in [0.25, 0.3) is 5.78 Å². The highest BCUT2D eigenvalue weighted by Crippen LogP contribution is 2.44. The maximum Gasteiger partial charge on any atom is 0.301 e. The second-order valence-electron chi connectivity index (χ2n) is 9.06. The van der Waals surface area contributed by atoms with Crippen molar-refractivity contribution >= 4 is 45.7 Å². The monoisotopic (exact) mass is 557 g/mol. The van der Waals surface area contributed by atoms with E-state index in [4.69, 9.17) is 9.47 Å². The highest BCUT2D eigenvalue weighted by molar-refractivity contribution is 8.00. The van der Waals surface area contributed by atoms with E-state index in [1.54, 1.807) is 18.2 Å². The molecule has 39 heavy (non-hydrogen) atoms. The fourth-order valence-corrected chi connectivity index (χ4v) is 6.34. The topological polar surface area (TPSA) is 102 Å². The van der Waals surface area contributed by atoms with Crippen molar-refractivity contribution in [1.29, 1.82) is 0 Å². The number of Topliss-reactive ketones (excluding diaryl/α,β-unsaturated/α-hetero) is 1. The van der Waals surface area contributed by atoms with Crippen LogP contribution in [0.25, 0.3) is 5.76 Å². The SMILES string of the molecule is Cc1ccc(CSc2nnc(N3C(=O)C(=O)/C(=C(/O)c4ccc5c(c4)OCCO5)C3c3ccccc3)s2)cc1. The minimum Gasteiger partial charge on any atom is -0.507 e. The zero-order chi connectivity index (χ0) is 26.9. The van der Waals surface area contributed by atoms with E-state index in [1.165, 1.54) is 33.6 Å². The molecule has 6 rings (SSSR count). The van der Waals surface area contributed by atoms with Crippen molar-refractivity contribution in [3.8, 4) is 11.5 Å². The third-order valence-corrected chi connectivity index (χ3v) is 8.59. The molecule has 1 saturated heterocycles. The van der Waals surface area contributed by atoms with Crippen molar-refractivity contribution in [1.82, 2.24) is 10.2 Å². The maximum atomic E-state index is 13.4. The highest BCUT2D eigenvalue weighted by Gasteiger charge is 2.48. The lowest BCUT2D eigenvalue weighted by Gasteiger charge is -2.23. The Morgan fingerprint density at radius 3 is 2.51 bits per heavy atom. The van der Waals surface area contributed by atoms with Crippen molar-refractivity contribution < 1.29 is 24.2 Å². The summed E-state index contributed by atoms with van der Waals surface area (Å²) in [7, 11) is 0. The number of ketones is 1. The Hall–Kier alpha value is -4.15. The molecule has 1 aromatic heterocycles. The number of thioether (sulfide) groups is 1. The molecule has 0 spiro atoms. The molecular formula is C29H23N3O5S2. The molecule has 2 aliphatic heterocycles. The van der Waals surface area contributed by atoms with Gasteiger partial charge in [0.1, 0.15) is 19.0 Å². The van der Waals surface area contributed by atoms with E-state index < -0.39 is 17.7 Å². The second-order valence-corrected chi connectivity index (χ2v) is 11.2. The Kier molecular flexibility index (Phi) is 6.80. The lowest BCUT2D eigenvalue weighted by molar-refractivity contribution is -0.132. The molecule has 1 fully saturated rings. The van der Waals surface area contributed by atoms with Crippen LogP contribution in [0.15, 0.2) is 82.7 Å². The van der Waals surface area contributed by atoms with E-state index in [2.05, 4.69) is 34.5 Å². The smallest absolute Gasteiger partial charge is 0.301 e. The Morgan fingerprint density at radius 1 is 1.00 bits per heavy atom. The van der Waals surface area contributed by atoms with Crippen LogP contribution in [-0.2, 0) is 15.3 Å². The van der Waals surface area contributed by atoms with Gasteiger partial charge in [-0.1, -0.05) is 83.3 Å². The van der Waals surface area contributed by atoms with E-state index in [0.29, 0.717) is 51.1 Å². The fourth-order valence-electron chi connectivity index (χ4n) is 4.51. The molecule has 1 amide bonds. The lowest BCUT2D eigenvalue weighted by Crippen LogP contribution is -2.29. The van der Waals surface area contributed by atoms with Crippen molar-refractivity contribution in [2.45, 2.75) is 23.1 Å². The quantitative estimate of drug-likeness (QED) is 0.108. The zero-order valence-electron chi connectivity index (χ0n) is 20.9. The minimum absolute atomic E-state index is 0.0214. The highest BCUT2D eigenvalue weighted by atomic mass is 32.2. The first-order valence-electron chi connectivity index (χ1n) is 12.3. The number of aliphatic hydroxyl groups excluding tert-OH is 1. The average Bonchev–Trinajstić information content (AvgIpc) is 3.54. The Bertz CT molecular complexity index is 1580. The summed E-state index contributed by atoms with van der Waals surface area (Å²) in [5, 5.41) is 20.2. The summed E-state index contributed by atoms with van der Waals surface area (Å²) in [5.41, 5.74) is 3.33. The number of rotatable bonds is 6. The number of carbonyl (C=O) groups excluding carboxylic acids is 2. The normalized spacial score (nSPS) is 18.0. The number of hydrogen-bond acceptors (Lipinski definition) is 9. The fraction of sp³-hybridized carbons (Fsp3) is 0.172. The van der Waals surface area contributed by atoms with Gasteiger partial charge in [0.15, 0.2) is 15.8 Å². The first-order chi connectivity index (χ1) is 19.0. The number of fused-ring (bicyclic) bond motifs is 1. The van der Waals surface area contributed by atoms with Crippen molar-refractivity contribution in [2.24, 2.45) is 0 Å². The summed E-state index contributed by atoms with van der Waals surface area (Å²) in [6, 6.07) is 21.4. The van der Waals surface area contributed by atoms with Gasteiger partial charge in [-0.3, -0.25) is 14.5 Å². The Balaban J connectivity index is 1.36. The molecule has 3 heterocycles. The number of nitrogens with zero attached hydrogens (tertiary/aromatic N) is 3. The summed E-state index contributed by atoms with van der Waals surface area (Å²) < 4.78 is 11.9. The zero-order valence-corrected chi connectivity index (χ0v) is 22.5. The number of carbonyl (C=O) groups is 2. The summed E-state index contributed by atoms with van der Waals surface area (Å²) in [5.74, 6) is -0.132. The number of aryl methyl sites for hydroxylation is 1. The minimum atomic E-state index is -0.873. The predicted octanol–water partition coefficient (Wildman–Crippen LogP) is 5.54. The van der Waals surface area contributed by atoms with Crippen molar-refractivity contribution in [3.05, 3.63) is 101 Å². The van der Waals surface area contributed by atoms with Gasteiger partial charge in [-0.15, -0.1) is 10.2 Å². The molecule has 3 aromatic carbocycles. The molecule has 8 nitrogen and oxygen atoms in total. The van der Waals surface area contributed by atoms with E-state index >= 15 is 0 Å². The van der Waals surface area contributed by atoms with Crippen LogP contribution >= 0.6 is 23.1 Å². The van der Waals surface area contributed by atoms with Crippen LogP contribution < -0.4 is 14.4 Å². The first kappa shape index (κ1) is 25.1. The molecule has 4 aromatic rings. The largest absolute Gasteiger partial charge is 0.507 e. The molecule has 0 saturated carbocycles. The third-order valence-electron chi connectivity index (χ3n) is 6.46. The van der Waals surface area contributed by atoms with Gasteiger partial charge in [-0.25, -0.2) is 0 Å². The van der Waals surface area contributed by atoms with E-state index in [0.717, 1.165) is 5.56 Å². The Labute approximate surface area is 232 Å². The van der Waals surface area contributed by atoms with E-state index in [-0.39, 0.29) is 11.3 Å². The molecule has 1 atom stereocenters. The lowest BCUT2D eigenvalue weighted by atomic mass is 9.95.